The molecule has 0 fully saturated rings. The van der Waals surface area contributed by atoms with E-state index in [9.17, 15) is 4.79 Å². The van der Waals surface area contributed by atoms with Gasteiger partial charge in [-0.1, -0.05) is 0 Å². The molecule has 0 aliphatic heterocycles. The highest BCUT2D eigenvalue weighted by atomic mass is 16.4. The first kappa shape index (κ1) is 11.7. The predicted octanol–water partition coefficient (Wildman–Crippen LogP) is 1.45. The van der Waals surface area contributed by atoms with E-state index in [0.717, 1.165) is 11.5 Å². The van der Waals surface area contributed by atoms with Crippen molar-refractivity contribution >= 4 is 5.97 Å². The Morgan fingerprint density at radius 2 is 2.40 bits per heavy atom. The Labute approximate surface area is 88.7 Å². The van der Waals surface area contributed by atoms with Gasteiger partial charge in [0.1, 0.15) is 5.76 Å². The van der Waals surface area contributed by atoms with Crippen LogP contribution in [-0.2, 0) is 4.79 Å². The van der Waals surface area contributed by atoms with Crippen molar-refractivity contribution in [3.05, 3.63) is 17.8 Å². The third-order valence-electron chi connectivity index (χ3n) is 2.52. The summed E-state index contributed by atoms with van der Waals surface area (Å²) in [4.78, 5) is 16.5. The Morgan fingerprint density at radius 1 is 1.73 bits per heavy atom. The van der Waals surface area contributed by atoms with Crippen molar-refractivity contribution in [3.8, 4) is 0 Å². The fourth-order valence-corrected chi connectivity index (χ4v) is 1.39. The minimum absolute atomic E-state index is 0.0723. The molecule has 1 aromatic rings. The van der Waals surface area contributed by atoms with E-state index >= 15 is 0 Å². The van der Waals surface area contributed by atoms with Crippen molar-refractivity contribution in [2.75, 3.05) is 13.6 Å². The third-order valence-corrected chi connectivity index (χ3v) is 2.52. The second-order valence-corrected chi connectivity index (χ2v) is 3.59. The number of nitrogens with zero attached hydrogens (tertiary/aromatic N) is 2. The standard InChI is InChI=1S/C10H16N2O3/c1-7(10-8(2)15-6-11-10)12(3)5-4-9(13)14/h6-7H,4-5H2,1-3H3,(H,13,14). The van der Waals surface area contributed by atoms with Gasteiger partial charge in [0.25, 0.3) is 0 Å². The summed E-state index contributed by atoms with van der Waals surface area (Å²) < 4.78 is 5.11. The van der Waals surface area contributed by atoms with E-state index in [2.05, 4.69) is 4.98 Å². The molecule has 0 aliphatic rings. The third kappa shape index (κ3) is 3.06. The van der Waals surface area contributed by atoms with Crippen LogP contribution in [0.25, 0.3) is 0 Å². The molecule has 1 N–H and O–H groups in total. The topological polar surface area (TPSA) is 66.6 Å². The lowest BCUT2D eigenvalue weighted by molar-refractivity contribution is -0.137. The molecule has 1 heterocycles. The number of aryl methyl sites for hydroxylation is 1. The van der Waals surface area contributed by atoms with Crippen LogP contribution in [0.15, 0.2) is 10.8 Å². The van der Waals surface area contributed by atoms with Crippen molar-refractivity contribution in [3.63, 3.8) is 0 Å². The Balaban J connectivity index is 2.57. The van der Waals surface area contributed by atoms with E-state index in [1.54, 1.807) is 0 Å². The summed E-state index contributed by atoms with van der Waals surface area (Å²) in [6.07, 6.45) is 1.55. The van der Waals surface area contributed by atoms with Crippen LogP contribution in [0.2, 0.25) is 0 Å². The number of aromatic nitrogens is 1. The van der Waals surface area contributed by atoms with Crippen molar-refractivity contribution in [1.82, 2.24) is 9.88 Å². The number of carboxylic acids is 1. The maximum Gasteiger partial charge on any atom is 0.304 e. The lowest BCUT2D eigenvalue weighted by Gasteiger charge is -2.22. The molecule has 1 atom stereocenters. The van der Waals surface area contributed by atoms with Gasteiger partial charge in [0.15, 0.2) is 6.39 Å². The van der Waals surface area contributed by atoms with Crippen molar-refractivity contribution in [2.45, 2.75) is 26.3 Å². The van der Waals surface area contributed by atoms with E-state index in [1.165, 1.54) is 6.39 Å². The normalized spacial score (nSPS) is 13.1. The zero-order valence-electron chi connectivity index (χ0n) is 9.23. The maximum atomic E-state index is 10.4. The molecule has 5 heteroatoms. The Hall–Kier alpha value is -1.36. The van der Waals surface area contributed by atoms with E-state index in [4.69, 9.17) is 9.52 Å². The minimum atomic E-state index is -0.786. The summed E-state index contributed by atoms with van der Waals surface area (Å²) in [5.41, 5.74) is 0.864. The summed E-state index contributed by atoms with van der Waals surface area (Å²) in [6, 6.07) is 0.0723. The van der Waals surface area contributed by atoms with Gasteiger partial charge >= 0.3 is 5.97 Å². The number of aliphatic carboxylic acids is 1. The molecule has 0 aromatic carbocycles. The highest BCUT2D eigenvalue weighted by Gasteiger charge is 2.17. The molecule has 1 unspecified atom stereocenters. The first-order valence-corrected chi connectivity index (χ1v) is 4.84. The lowest BCUT2D eigenvalue weighted by Crippen LogP contribution is -2.25. The van der Waals surface area contributed by atoms with E-state index in [-0.39, 0.29) is 12.5 Å². The second kappa shape index (κ2) is 4.93. The zero-order valence-corrected chi connectivity index (χ0v) is 9.23. The number of hydrogen-bond acceptors (Lipinski definition) is 4. The van der Waals surface area contributed by atoms with Crippen LogP contribution < -0.4 is 0 Å². The van der Waals surface area contributed by atoms with E-state index in [1.807, 2.05) is 25.8 Å². The average Bonchev–Trinajstić information content (AvgIpc) is 2.59. The number of hydrogen-bond donors (Lipinski definition) is 1. The molecule has 0 radical (unpaired) electrons. The zero-order chi connectivity index (χ0) is 11.4. The summed E-state index contributed by atoms with van der Waals surface area (Å²) in [5, 5.41) is 8.57. The summed E-state index contributed by atoms with van der Waals surface area (Å²) >= 11 is 0. The van der Waals surface area contributed by atoms with Gasteiger partial charge in [-0.25, -0.2) is 4.98 Å². The van der Waals surface area contributed by atoms with Gasteiger partial charge in [0.2, 0.25) is 0 Å². The van der Waals surface area contributed by atoms with Crippen LogP contribution >= 0.6 is 0 Å². The molecule has 1 aromatic heterocycles. The smallest absolute Gasteiger partial charge is 0.304 e. The van der Waals surface area contributed by atoms with Gasteiger partial charge in [-0.2, -0.15) is 0 Å². The lowest BCUT2D eigenvalue weighted by atomic mass is 10.2. The molecule has 0 spiro atoms. The SMILES string of the molecule is Cc1ocnc1C(C)N(C)CCC(=O)O. The Morgan fingerprint density at radius 3 is 2.87 bits per heavy atom. The summed E-state index contributed by atoms with van der Waals surface area (Å²) in [7, 11) is 1.88. The molecule has 0 bridgehead atoms. The molecule has 0 aliphatic carbocycles. The van der Waals surface area contributed by atoms with Crippen LogP contribution in [0, 0.1) is 6.92 Å². The molecule has 0 saturated carbocycles. The van der Waals surface area contributed by atoms with Crippen LogP contribution in [0.4, 0.5) is 0 Å². The fraction of sp³-hybridized carbons (Fsp3) is 0.600. The minimum Gasteiger partial charge on any atom is -0.481 e. The fourth-order valence-electron chi connectivity index (χ4n) is 1.39. The highest BCUT2D eigenvalue weighted by molar-refractivity contribution is 5.66. The largest absolute Gasteiger partial charge is 0.481 e. The van der Waals surface area contributed by atoms with Crippen LogP contribution in [0.3, 0.4) is 0 Å². The Bertz CT molecular complexity index is 335. The van der Waals surface area contributed by atoms with E-state index < -0.39 is 5.97 Å². The predicted molar refractivity (Wildman–Crippen MR) is 54.5 cm³/mol. The monoisotopic (exact) mass is 212 g/mol. The second-order valence-electron chi connectivity index (χ2n) is 3.59. The quantitative estimate of drug-likeness (QED) is 0.800. The molecule has 0 amide bonds. The average molecular weight is 212 g/mol. The molecular weight excluding hydrogens is 196 g/mol. The Kier molecular flexibility index (Phi) is 3.85. The van der Waals surface area contributed by atoms with Gasteiger partial charge in [0.05, 0.1) is 18.2 Å². The van der Waals surface area contributed by atoms with Gasteiger partial charge in [-0.3, -0.25) is 9.69 Å². The van der Waals surface area contributed by atoms with Gasteiger partial charge in [0, 0.05) is 6.54 Å². The first-order chi connectivity index (χ1) is 7.02. The van der Waals surface area contributed by atoms with E-state index in [0.29, 0.717) is 6.54 Å². The van der Waals surface area contributed by atoms with Gasteiger partial charge < -0.3 is 9.52 Å². The maximum absolute atomic E-state index is 10.4. The van der Waals surface area contributed by atoms with Crippen molar-refractivity contribution in [1.29, 1.82) is 0 Å². The summed E-state index contributed by atoms with van der Waals surface area (Å²) in [6.45, 7) is 4.33. The van der Waals surface area contributed by atoms with Gasteiger partial charge in [-0.05, 0) is 20.9 Å². The number of carbonyl (C=O) groups is 1. The van der Waals surface area contributed by atoms with Crippen molar-refractivity contribution in [2.24, 2.45) is 0 Å². The summed E-state index contributed by atoms with van der Waals surface area (Å²) in [5.74, 6) is -0.00407. The van der Waals surface area contributed by atoms with Crippen LogP contribution in [0.5, 0.6) is 0 Å². The molecule has 0 saturated heterocycles. The number of carboxylic acid groups (broad SMARTS) is 1. The molecule has 5 nitrogen and oxygen atoms in total. The van der Waals surface area contributed by atoms with Crippen molar-refractivity contribution < 1.29 is 14.3 Å². The molecule has 1 rings (SSSR count). The molecule has 15 heavy (non-hydrogen) atoms. The molecular formula is C10H16N2O3. The van der Waals surface area contributed by atoms with Gasteiger partial charge in [-0.15, -0.1) is 0 Å². The number of oxazole rings is 1. The van der Waals surface area contributed by atoms with Crippen LogP contribution in [0.1, 0.15) is 30.8 Å². The first-order valence-electron chi connectivity index (χ1n) is 4.84. The van der Waals surface area contributed by atoms with Crippen LogP contribution in [-0.4, -0.2) is 34.6 Å². The molecule has 84 valence electrons. The highest BCUT2D eigenvalue weighted by Crippen LogP contribution is 2.20. The number of rotatable bonds is 5.